The van der Waals surface area contributed by atoms with Crippen LogP contribution in [0.2, 0.25) is 0 Å². The van der Waals surface area contributed by atoms with E-state index < -0.39 is 0 Å². The number of hydrogen-bond donors (Lipinski definition) is 1. The van der Waals surface area contributed by atoms with Gasteiger partial charge < -0.3 is 10.6 Å². The highest BCUT2D eigenvalue weighted by atomic mass is 15.1. The van der Waals surface area contributed by atoms with Gasteiger partial charge in [0.2, 0.25) is 0 Å². The van der Waals surface area contributed by atoms with E-state index in [1.54, 1.807) is 0 Å². The Kier molecular flexibility index (Phi) is 3.74. The summed E-state index contributed by atoms with van der Waals surface area (Å²) in [6.45, 7) is 10.1. The molecule has 0 saturated carbocycles. The molecule has 2 nitrogen and oxygen atoms in total. The predicted octanol–water partition coefficient (Wildman–Crippen LogP) is 1.85. The highest BCUT2D eigenvalue weighted by molar-refractivity contribution is 4.79. The standard InChI is InChI=1S/C11H24N2/c1-10-5-4-7-13(8-6-10)9-11(2,3)12/h10H,4-9,12H2,1-3H3. The molecule has 1 fully saturated rings. The van der Waals surface area contributed by atoms with E-state index in [-0.39, 0.29) is 5.54 Å². The first-order chi connectivity index (χ1) is 5.97. The molecule has 1 rings (SSSR count). The summed E-state index contributed by atoms with van der Waals surface area (Å²) in [5.41, 5.74) is 5.98. The minimum Gasteiger partial charge on any atom is -0.324 e. The molecule has 0 radical (unpaired) electrons. The molecule has 0 aromatic heterocycles. The molecule has 2 N–H and O–H groups in total. The normalized spacial score (nSPS) is 27.2. The van der Waals surface area contributed by atoms with Crippen LogP contribution in [0.3, 0.4) is 0 Å². The highest BCUT2D eigenvalue weighted by Crippen LogP contribution is 2.17. The van der Waals surface area contributed by atoms with Gasteiger partial charge in [-0.3, -0.25) is 0 Å². The zero-order valence-corrected chi connectivity index (χ0v) is 9.34. The number of nitrogens with zero attached hydrogens (tertiary/aromatic N) is 1. The molecule has 2 heteroatoms. The third kappa shape index (κ3) is 4.63. The molecular formula is C11H24N2. The molecule has 0 aliphatic carbocycles. The number of rotatable bonds is 2. The van der Waals surface area contributed by atoms with E-state index in [1.165, 1.54) is 32.4 Å². The summed E-state index contributed by atoms with van der Waals surface area (Å²) in [6.07, 6.45) is 4.08. The van der Waals surface area contributed by atoms with Crippen molar-refractivity contribution < 1.29 is 0 Å². The highest BCUT2D eigenvalue weighted by Gasteiger charge is 2.19. The first-order valence-corrected chi connectivity index (χ1v) is 5.48. The van der Waals surface area contributed by atoms with Gasteiger partial charge in [-0.25, -0.2) is 0 Å². The van der Waals surface area contributed by atoms with Crippen LogP contribution in [0.1, 0.15) is 40.0 Å². The van der Waals surface area contributed by atoms with Crippen molar-refractivity contribution >= 4 is 0 Å². The zero-order chi connectivity index (χ0) is 9.90. The van der Waals surface area contributed by atoms with Crippen LogP contribution in [0, 0.1) is 5.92 Å². The Labute approximate surface area is 82.5 Å². The van der Waals surface area contributed by atoms with Crippen LogP contribution in [-0.2, 0) is 0 Å². The maximum Gasteiger partial charge on any atom is 0.0226 e. The molecule has 0 aromatic carbocycles. The summed E-state index contributed by atoms with van der Waals surface area (Å²) in [5.74, 6) is 0.908. The molecule has 0 bridgehead atoms. The Hall–Kier alpha value is -0.0800. The van der Waals surface area contributed by atoms with Crippen LogP contribution >= 0.6 is 0 Å². The fourth-order valence-electron chi connectivity index (χ4n) is 2.06. The van der Waals surface area contributed by atoms with E-state index in [2.05, 4.69) is 25.7 Å². The maximum atomic E-state index is 6.01. The smallest absolute Gasteiger partial charge is 0.0226 e. The first kappa shape index (κ1) is 11.0. The molecule has 13 heavy (non-hydrogen) atoms. The van der Waals surface area contributed by atoms with Crippen LogP contribution in [-0.4, -0.2) is 30.1 Å². The minimum absolute atomic E-state index is 0.0341. The molecule has 1 heterocycles. The minimum atomic E-state index is -0.0341. The van der Waals surface area contributed by atoms with Crippen molar-refractivity contribution in [1.82, 2.24) is 4.90 Å². The lowest BCUT2D eigenvalue weighted by molar-refractivity contribution is 0.231. The van der Waals surface area contributed by atoms with Crippen molar-refractivity contribution in [3.05, 3.63) is 0 Å². The van der Waals surface area contributed by atoms with Crippen LogP contribution in [0.5, 0.6) is 0 Å². The van der Waals surface area contributed by atoms with E-state index in [0.717, 1.165) is 12.5 Å². The Morgan fingerprint density at radius 2 is 2.00 bits per heavy atom. The second-order valence-electron chi connectivity index (χ2n) is 5.30. The third-order valence-electron chi connectivity index (χ3n) is 2.74. The van der Waals surface area contributed by atoms with Crippen LogP contribution in [0.15, 0.2) is 0 Å². The van der Waals surface area contributed by atoms with Crippen molar-refractivity contribution in [2.45, 2.75) is 45.6 Å². The molecule has 78 valence electrons. The first-order valence-electron chi connectivity index (χ1n) is 5.48. The van der Waals surface area contributed by atoms with Gasteiger partial charge in [-0.05, 0) is 52.1 Å². The average molecular weight is 184 g/mol. The van der Waals surface area contributed by atoms with Gasteiger partial charge in [-0.15, -0.1) is 0 Å². The van der Waals surface area contributed by atoms with Crippen LogP contribution in [0.25, 0.3) is 0 Å². The van der Waals surface area contributed by atoms with E-state index >= 15 is 0 Å². The monoisotopic (exact) mass is 184 g/mol. The molecule has 1 aliphatic heterocycles. The zero-order valence-electron chi connectivity index (χ0n) is 9.34. The van der Waals surface area contributed by atoms with Crippen LogP contribution in [0.4, 0.5) is 0 Å². The number of likely N-dealkylation sites (tertiary alicyclic amines) is 1. The lowest BCUT2D eigenvalue weighted by Gasteiger charge is -2.28. The Bertz CT molecular complexity index is 149. The van der Waals surface area contributed by atoms with Crippen LogP contribution < -0.4 is 5.73 Å². The summed E-state index contributed by atoms with van der Waals surface area (Å²) in [6, 6.07) is 0. The Morgan fingerprint density at radius 3 is 2.62 bits per heavy atom. The molecule has 0 aromatic rings. The molecule has 1 aliphatic rings. The summed E-state index contributed by atoms with van der Waals surface area (Å²) in [5, 5.41) is 0. The van der Waals surface area contributed by atoms with Crippen molar-refractivity contribution in [2.24, 2.45) is 11.7 Å². The Morgan fingerprint density at radius 1 is 1.31 bits per heavy atom. The average Bonchev–Trinajstić information content (AvgIpc) is 2.12. The summed E-state index contributed by atoms with van der Waals surface area (Å²) >= 11 is 0. The lowest BCUT2D eigenvalue weighted by Crippen LogP contribution is -2.45. The second-order valence-corrected chi connectivity index (χ2v) is 5.30. The third-order valence-corrected chi connectivity index (χ3v) is 2.74. The van der Waals surface area contributed by atoms with E-state index in [4.69, 9.17) is 5.73 Å². The lowest BCUT2D eigenvalue weighted by atomic mass is 10.0. The van der Waals surface area contributed by atoms with Crippen molar-refractivity contribution in [2.75, 3.05) is 19.6 Å². The maximum absolute atomic E-state index is 6.01. The number of hydrogen-bond acceptors (Lipinski definition) is 2. The second kappa shape index (κ2) is 4.43. The van der Waals surface area contributed by atoms with Gasteiger partial charge in [-0.2, -0.15) is 0 Å². The van der Waals surface area contributed by atoms with E-state index in [1.807, 2.05) is 0 Å². The van der Waals surface area contributed by atoms with Crippen molar-refractivity contribution in [1.29, 1.82) is 0 Å². The topological polar surface area (TPSA) is 29.3 Å². The fraction of sp³-hybridized carbons (Fsp3) is 1.00. The molecule has 1 saturated heterocycles. The molecular weight excluding hydrogens is 160 g/mol. The SMILES string of the molecule is CC1CCCN(CC(C)(C)N)CC1. The summed E-state index contributed by atoms with van der Waals surface area (Å²) in [4.78, 5) is 2.52. The van der Waals surface area contributed by atoms with Crippen molar-refractivity contribution in [3.8, 4) is 0 Å². The van der Waals surface area contributed by atoms with Gasteiger partial charge in [0.15, 0.2) is 0 Å². The van der Waals surface area contributed by atoms with Gasteiger partial charge in [0.25, 0.3) is 0 Å². The molecule has 0 spiro atoms. The molecule has 1 atom stereocenters. The van der Waals surface area contributed by atoms with Gasteiger partial charge in [0, 0.05) is 12.1 Å². The van der Waals surface area contributed by atoms with Gasteiger partial charge >= 0.3 is 0 Å². The molecule has 1 unspecified atom stereocenters. The number of nitrogens with two attached hydrogens (primary N) is 1. The Balaban J connectivity index is 2.34. The van der Waals surface area contributed by atoms with Crippen molar-refractivity contribution in [3.63, 3.8) is 0 Å². The van der Waals surface area contributed by atoms with Gasteiger partial charge in [0.1, 0.15) is 0 Å². The fourth-order valence-corrected chi connectivity index (χ4v) is 2.06. The van der Waals surface area contributed by atoms with Gasteiger partial charge in [0.05, 0.1) is 0 Å². The largest absolute Gasteiger partial charge is 0.324 e. The van der Waals surface area contributed by atoms with E-state index in [9.17, 15) is 0 Å². The molecule has 0 amide bonds. The van der Waals surface area contributed by atoms with Gasteiger partial charge in [-0.1, -0.05) is 6.92 Å². The quantitative estimate of drug-likeness (QED) is 0.709. The summed E-state index contributed by atoms with van der Waals surface area (Å²) in [7, 11) is 0. The summed E-state index contributed by atoms with van der Waals surface area (Å²) < 4.78 is 0. The predicted molar refractivity (Wildman–Crippen MR) is 57.7 cm³/mol. The van der Waals surface area contributed by atoms with E-state index in [0.29, 0.717) is 0 Å².